The fourth-order valence-corrected chi connectivity index (χ4v) is 1.92. The highest BCUT2D eigenvalue weighted by atomic mass is 79.9. The first-order valence-corrected chi connectivity index (χ1v) is 6.71. The van der Waals surface area contributed by atoms with Crippen molar-refractivity contribution in [1.29, 1.82) is 0 Å². The minimum atomic E-state index is 0.353. The molecule has 5 nitrogen and oxygen atoms in total. The molecule has 0 aliphatic carbocycles. The monoisotopic (exact) mass is 322 g/mol. The molecule has 6 heteroatoms. The zero-order valence-corrected chi connectivity index (χ0v) is 12.1. The first-order chi connectivity index (χ1) is 9.19. The van der Waals surface area contributed by atoms with Crippen LogP contribution in [-0.4, -0.2) is 16.6 Å². The molecule has 0 fully saturated rings. The third-order valence-electron chi connectivity index (χ3n) is 2.36. The standard InChI is InChI=1S/C13H15BrN4O/c1-2-19-8-13-17-11(15)7-12(18-13)16-10-6-4-3-5-9(10)14/h3-7H,2,8H2,1H3,(H3,15,16,17,18). The van der Waals surface area contributed by atoms with Gasteiger partial charge in [-0.25, -0.2) is 9.97 Å². The van der Waals surface area contributed by atoms with Crippen molar-refractivity contribution in [3.05, 3.63) is 40.6 Å². The van der Waals surface area contributed by atoms with Crippen LogP contribution in [0.3, 0.4) is 0 Å². The third-order valence-corrected chi connectivity index (χ3v) is 3.06. The summed E-state index contributed by atoms with van der Waals surface area (Å²) in [7, 11) is 0. The topological polar surface area (TPSA) is 73.1 Å². The van der Waals surface area contributed by atoms with E-state index in [1.165, 1.54) is 0 Å². The first-order valence-electron chi connectivity index (χ1n) is 5.91. The van der Waals surface area contributed by atoms with E-state index in [9.17, 15) is 0 Å². The van der Waals surface area contributed by atoms with Gasteiger partial charge in [0, 0.05) is 17.1 Å². The number of ether oxygens (including phenoxy) is 1. The number of rotatable bonds is 5. The van der Waals surface area contributed by atoms with Crippen LogP contribution < -0.4 is 11.1 Å². The summed E-state index contributed by atoms with van der Waals surface area (Å²) < 4.78 is 6.24. The Hall–Kier alpha value is -1.66. The average Bonchev–Trinajstić information content (AvgIpc) is 2.38. The highest BCUT2D eigenvalue weighted by molar-refractivity contribution is 9.10. The summed E-state index contributed by atoms with van der Waals surface area (Å²) in [5.41, 5.74) is 6.68. The van der Waals surface area contributed by atoms with Crippen molar-refractivity contribution >= 4 is 33.3 Å². The van der Waals surface area contributed by atoms with Crippen LogP contribution in [0.25, 0.3) is 0 Å². The van der Waals surface area contributed by atoms with Crippen LogP contribution in [-0.2, 0) is 11.3 Å². The van der Waals surface area contributed by atoms with Gasteiger partial charge in [-0.2, -0.15) is 0 Å². The molecule has 0 unspecified atom stereocenters. The van der Waals surface area contributed by atoms with Crippen LogP contribution in [0.4, 0.5) is 17.3 Å². The number of para-hydroxylation sites is 1. The number of aromatic nitrogens is 2. The fourth-order valence-electron chi connectivity index (χ4n) is 1.54. The molecule has 0 saturated heterocycles. The van der Waals surface area contributed by atoms with Crippen molar-refractivity contribution in [3.63, 3.8) is 0 Å². The van der Waals surface area contributed by atoms with Crippen LogP contribution in [0, 0.1) is 0 Å². The molecule has 0 aliphatic heterocycles. The summed E-state index contributed by atoms with van der Waals surface area (Å²) in [6, 6.07) is 9.48. The number of hydrogen-bond acceptors (Lipinski definition) is 5. The Morgan fingerprint density at radius 2 is 2.11 bits per heavy atom. The van der Waals surface area contributed by atoms with E-state index < -0.39 is 0 Å². The molecule has 0 saturated carbocycles. The van der Waals surface area contributed by atoms with Crippen LogP contribution in [0.1, 0.15) is 12.7 Å². The van der Waals surface area contributed by atoms with Crippen LogP contribution in [0.5, 0.6) is 0 Å². The molecule has 3 N–H and O–H groups in total. The molecule has 0 atom stereocenters. The second-order valence-corrected chi connectivity index (χ2v) is 4.69. The minimum Gasteiger partial charge on any atom is -0.384 e. The van der Waals surface area contributed by atoms with E-state index in [0.29, 0.717) is 30.7 Å². The maximum Gasteiger partial charge on any atom is 0.158 e. The predicted molar refractivity (Wildman–Crippen MR) is 79.2 cm³/mol. The quantitative estimate of drug-likeness (QED) is 0.884. The van der Waals surface area contributed by atoms with Gasteiger partial charge in [0.2, 0.25) is 0 Å². The van der Waals surface area contributed by atoms with E-state index in [-0.39, 0.29) is 0 Å². The Labute approximate surface area is 120 Å². The Bertz CT molecular complexity index is 562. The molecular formula is C13H15BrN4O. The number of hydrogen-bond donors (Lipinski definition) is 2. The molecule has 100 valence electrons. The molecule has 0 spiro atoms. The first kappa shape index (κ1) is 13.8. The average molecular weight is 323 g/mol. The molecule has 0 amide bonds. The zero-order chi connectivity index (χ0) is 13.7. The largest absolute Gasteiger partial charge is 0.384 e. The van der Waals surface area contributed by atoms with Crippen molar-refractivity contribution < 1.29 is 4.74 Å². The Morgan fingerprint density at radius 1 is 1.32 bits per heavy atom. The number of nitrogens with one attached hydrogen (secondary N) is 1. The Balaban J connectivity index is 2.20. The van der Waals surface area contributed by atoms with E-state index >= 15 is 0 Å². The summed E-state index contributed by atoms with van der Waals surface area (Å²) in [6.45, 7) is 2.89. The molecule has 1 heterocycles. The summed E-state index contributed by atoms with van der Waals surface area (Å²) in [4.78, 5) is 8.48. The lowest BCUT2D eigenvalue weighted by Gasteiger charge is -2.09. The molecule has 0 bridgehead atoms. The van der Waals surface area contributed by atoms with E-state index in [2.05, 4.69) is 31.2 Å². The molecule has 1 aromatic carbocycles. The molecule has 19 heavy (non-hydrogen) atoms. The smallest absolute Gasteiger partial charge is 0.158 e. The van der Waals surface area contributed by atoms with E-state index in [1.807, 2.05) is 31.2 Å². The lowest BCUT2D eigenvalue weighted by Crippen LogP contribution is -2.05. The molecular weight excluding hydrogens is 308 g/mol. The van der Waals surface area contributed by atoms with Gasteiger partial charge in [0.15, 0.2) is 5.82 Å². The Morgan fingerprint density at radius 3 is 2.84 bits per heavy atom. The van der Waals surface area contributed by atoms with E-state index in [0.717, 1.165) is 10.2 Å². The van der Waals surface area contributed by atoms with Gasteiger partial charge >= 0.3 is 0 Å². The van der Waals surface area contributed by atoms with Crippen LogP contribution >= 0.6 is 15.9 Å². The van der Waals surface area contributed by atoms with Gasteiger partial charge in [0.1, 0.15) is 18.2 Å². The number of nitrogens with zero attached hydrogens (tertiary/aromatic N) is 2. The van der Waals surface area contributed by atoms with E-state index in [1.54, 1.807) is 6.07 Å². The van der Waals surface area contributed by atoms with Gasteiger partial charge in [-0.15, -0.1) is 0 Å². The molecule has 0 radical (unpaired) electrons. The number of anilines is 3. The van der Waals surface area contributed by atoms with Gasteiger partial charge in [0.05, 0.1) is 5.69 Å². The second-order valence-electron chi connectivity index (χ2n) is 3.84. The maximum atomic E-state index is 5.76. The fraction of sp³-hybridized carbons (Fsp3) is 0.231. The predicted octanol–water partition coefficient (Wildman–Crippen LogP) is 3.10. The van der Waals surface area contributed by atoms with Crippen molar-refractivity contribution in [2.24, 2.45) is 0 Å². The van der Waals surface area contributed by atoms with Crippen LogP contribution in [0.15, 0.2) is 34.8 Å². The van der Waals surface area contributed by atoms with Crippen molar-refractivity contribution in [3.8, 4) is 0 Å². The van der Waals surface area contributed by atoms with Crippen LogP contribution in [0.2, 0.25) is 0 Å². The summed E-state index contributed by atoms with van der Waals surface area (Å²) in [5, 5.41) is 3.20. The minimum absolute atomic E-state index is 0.353. The molecule has 2 aromatic rings. The summed E-state index contributed by atoms with van der Waals surface area (Å²) in [5.74, 6) is 1.63. The number of benzene rings is 1. The van der Waals surface area contributed by atoms with Crippen molar-refractivity contribution in [2.45, 2.75) is 13.5 Å². The summed E-state index contributed by atoms with van der Waals surface area (Å²) in [6.07, 6.45) is 0. The van der Waals surface area contributed by atoms with Gasteiger partial charge in [0.25, 0.3) is 0 Å². The third kappa shape index (κ3) is 3.90. The summed E-state index contributed by atoms with van der Waals surface area (Å²) >= 11 is 3.47. The maximum absolute atomic E-state index is 5.76. The van der Waals surface area contributed by atoms with Crippen molar-refractivity contribution in [1.82, 2.24) is 9.97 Å². The Kier molecular flexibility index (Phi) is 4.70. The van der Waals surface area contributed by atoms with Gasteiger partial charge in [-0.3, -0.25) is 0 Å². The molecule has 0 aliphatic rings. The zero-order valence-electron chi connectivity index (χ0n) is 10.6. The number of nitrogens with two attached hydrogens (primary N) is 1. The highest BCUT2D eigenvalue weighted by Crippen LogP contribution is 2.24. The number of nitrogen functional groups attached to an aromatic ring is 1. The highest BCUT2D eigenvalue weighted by Gasteiger charge is 2.05. The van der Waals surface area contributed by atoms with Gasteiger partial charge in [-0.1, -0.05) is 12.1 Å². The normalized spacial score (nSPS) is 10.4. The van der Waals surface area contributed by atoms with E-state index in [4.69, 9.17) is 10.5 Å². The SMILES string of the molecule is CCOCc1nc(N)cc(Nc2ccccc2Br)n1. The molecule has 1 aromatic heterocycles. The van der Waals surface area contributed by atoms with Gasteiger partial charge in [-0.05, 0) is 35.0 Å². The van der Waals surface area contributed by atoms with Crippen molar-refractivity contribution in [2.75, 3.05) is 17.7 Å². The lowest BCUT2D eigenvalue weighted by molar-refractivity contribution is 0.128. The number of halogens is 1. The molecule has 2 rings (SSSR count). The lowest BCUT2D eigenvalue weighted by atomic mass is 10.3. The second kappa shape index (κ2) is 6.49. The van der Waals surface area contributed by atoms with Gasteiger partial charge < -0.3 is 15.8 Å².